The van der Waals surface area contributed by atoms with Crippen LogP contribution in [0.3, 0.4) is 0 Å². The maximum absolute atomic E-state index is 12.6. The van der Waals surface area contributed by atoms with Crippen LogP contribution in [-0.2, 0) is 6.42 Å². The van der Waals surface area contributed by atoms with Gasteiger partial charge in [-0.1, -0.05) is 13.8 Å². The highest BCUT2D eigenvalue weighted by atomic mass is 32.1. The lowest BCUT2D eigenvalue weighted by Crippen LogP contribution is -2.50. The summed E-state index contributed by atoms with van der Waals surface area (Å²) in [5, 5.41) is 2.80. The SMILES string of the molecule is CCN1CCC(N(C)C(=O)c2csc(CCN)n2)C(C)C1. The molecule has 2 N–H and O–H groups in total. The molecule has 1 saturated heterocycles. The summed E-state index contributed by atoms with van der Waals surface area (Å²) < 4.78 is 0. The molecule has 2 rings (SSSR count). The average Bonchev–Trinajstić information content (AvgIpc) is 2.94. The highest BCUT2D eigenvalue weighted by molar-refractivity contribution is 7.09. The summed E-state index contributed by atoms with van der Waals surface area (Å²) >= 11 is 1.52. The van der Waals surface area contributed by atoms with Crippen molar-refractivity contribution in [2.45, 2.75) is 32.7 Å². The number of likely N-dealkylation sites (tertiary alicyclic amines) is 1. The van der Waals surface area contributed by atoms with Gasteiger partial charge in [0.15, 0.2) is 0 Å². The molecule has 1 aromatic rings. The first-order chi connectivity index (χ1) is 10.1. The topological polar surface area (TPSA) is 62.5 Å². The van der Waals surface area contributed by atoms with Crippen molar-refractivity contribution in [1.82, 2.24) is 14.8 Å². The van der Waals surface area contributed by atoms with Crippen LogP contribution in [0.4, 0.5) is 0 Å². The number of hydrogen-bond acceptors (Lipinski definition) is 5. The second kappa shape index (κ2) is 7.33. The summed E-state index contributed by atoms with van der Waals surface area (Å²) in [6, 6.07) is 0.306. The summed E-state index contributed by atoms with van der Waals surface area (Å²) in [6.07, 6.45) is 1.78. The Labute approximate surface area is 131 Å². The van der Waals surface area contributed by atoms with Crippen LogP contribution in [0.1, 0.15) is 35.8 Å². The molecule has 0 radical (unpaired) electrons. The summed E-state index contributed by atoms with van der Waals surface area (Å²) in [4.78, 5) is 21.3. The minimum Gasteiger partial charge on any atom is -0.337 e. The third kappa shape index (κ3) is 3.81. The van der Waals surface area contributed by atoms with E-state index in [1.165, 1.54) is 11.3 Å². The molecule has 1 aliphatic heterocycles. The second-order valence-electron chi connectivity index (χ2n) is 5.81. The number of nitrogens with zero attached hydrogens (tertiary/aromatic N) is 3. The van der Waals surface area contributed by atoms with E-state index < -0.39 is 0 Å². The first-order valence-electron chi connectivity index (χ1n) is 7.70. The molecule has 1 aromatic heterocycles. The molecule has 5 nitrogen and oxygen atoms in total. The van der Waals surface area contributed by atoms with Gasteiger partial charge in [-0.2, -0.15) is 0 Å². The van der Waals surface area contributed by atoms with Gasteiger partial charge in [-0.25, -0.2) is 4.98 Å². The van der Waals surface area contributed by atoms with Crippen LogP contribution < -0.4 is 5.73 Å². The van der Waals surface area contributed by atoms with Crippen LogP contribution in [0.5, 0.6) is 0 Å². The molecule has 6 heteroatoms. The van der Waals surface area contributed by atoms with Gasteiger partial charge in [0.2, 0.25) is 0 Å². The molecule has 1 aliphatic rings. The quantitative estimate of drug-likeness (QED) is 0.894. The van der Waals surface area contributed by atoms with Gasteiger partial charge in [-0.3, -0.25) is 4.79 Å². The van der Waals surface area contributed by atoms with E-state index in [4.69, 9.17) is 5.73 Å². The number of carbonyl (C=O) groups is 1. The lowest BCUT2D eigenvalue weighted by molar-refractivity contribution is 0.0516. The molecular formula is C15H26N4OS. The van der Waals surface area contributed by atoms with Gasteiger partial charge in [-0.15, -0.1) is 11.3 Å². The van der Waals surface area contributed by atoms with E-state index in [1.807, 2.05) is 17.3 Å². The number of thiazole rings is 1. The Kier molecular flexibility index (Phi) is 5.72. The first kappa shape index (κ1) is 16.4. The van der Waals surface area contributed by atoms with Gasteiger partial charge >= 0.3 is 0 Å². The Balaban J connectivity index is 2.01. The molecule has 2 atom stereocenters. The van der Waals surface area contributed by atoms with Crippen LogP contribution in [0.25, 0.3) is 0 Å². The fraction of sp³-hybridized carbons (Fsp3) is 0.733. The van der Waals surface area contributed by atoms with Gasteiger partial charge in [-0.05, 0) is 25.4 Å². The molecule has 2 unspecified atom stereocenters. The molecule has 1 fully saturated rings. The maximum atomic E-state index is 12.6. The smallest absolute Gasteiger partial charge is 0.273 e. The highest BCUT2D eigenvalue weighted by Gasteiger charge is 2.31. The van der Waals surface area contributed by atoms with E-state index in [-0.39, 0.29) is 5.91 Å². The molecule has 0 spiro atoms. The van der Waals surface area contributed by atoms with Crippen molar-refractivity contribution in [3.05, 3.63) is 16.1 Å². The summed E-state index contributed by atoms with van der Waals surface area (Å²) in [6.45, 7) is 8.22. The lowest BCUT2D eigenvalue weighted by Gasteiger charge is -2.40. The van der Waals surface area contributed by atoms with E-state index in [1.54, 1.807) is 0 Å². The normalized spacial score (nSPS) is 23.2. The molecule has 0 aromatic carbocycles. The zero-order valence-electron chi connectivity index (χ0n) is 13.2. The van der Waals surface area contributed by atoms with Crippen molar-refractivity contribution in [3.63, 3.8) is 0 Å². The number of aromatic nitrogens is 1. The van der Waals surface area contributed by atoms with E-state index in [9.17, 15) is 4.79 Å². The van der Waals surface area contributed by atoms with Crippen molar-refractivity contribution in [2.24, 2.45) is 11.7 Å². The van der Waals surface area contributed by atoms with Crippen LogP contribution in [-0.4, -0.2) is 60.0 Å². The van der Waals surface area contributed by atoms with Gasteiger partial charge in [0.25, 0.3) is 5.91 Å². The lowest BCUT2D eigenvalue weighted by atomic mass is 9.92. The van der Waals surface area contributed by atoms with Crippen LogP contribution >= 0.6 is 11.3 Å². The Morgan fingerprint density at radius 1 is 1.62 bits per heavy atom. The number of hydrogen-bond donors (Lipinski definition) is 1. The number of piperidine rings is 1. The minimum absolute atomic E-state index is 0.0383. The van der Waals surface area contributed by atoms with E-state index in [0.29, 0.717) is 24.2 Å². The fourth-order valence-electron chi connectivity index (χ4n) is 3.06. The standard InChI is InChI=1S/C15H26N4OS/c1-4-19-8-6-13(11(2)9-19)18(3)15(20)12-10-21-14(17-12)5-7-16/h10-11,13H,4-9,16H2,1-3H3. The van der Waals surface area contributed by atoms with Crippen LogP contribution in [0.15, 0.2) is 5.38 Å². The van der Waals surface area contributed by atoms with Crippen molar-refractivity contribution in [3.8, 4) is 0 Å². The molecule has 21 heavy (non-hydrogen) atoms. The molecular weight excluding hydrogens is 284 g/mol. The summed E-state index contributed by atoms with van der Waals surface area (Å²) in [7, 11) is 1.91. The second-order valence-corrected chi connectivity index (χ2v) is 6.75. The maximum Gasteiger partial charge on any atom is 0.273 e. The van der Waals surface area contributed by atoms with Crippen LogP contribution in [0.2, 0.25) is 0 Å². The first-order valence-corrected chi connectivity index (χ1v) is 8.58. The Morgan fingerprint density at radius 2 is 2.38 bits per heavy atom. The average molecular weight is 310 g/mol. The molecule has 0 aliphatic carbocycles. The Morgan fingerprint density at radius 3 is 3.00 bits per heavy atom. The van der Waals surface area contributed by atoms with Crippen molar-refractivity contribution in [1.29, 1.82) is 0 Å². The van der Waals surface area contributed by atoms with Crippen molar-refractivity contribution >= 4 is 17.2 Å². The molecule has 0 bridgehead atoms. The van der Waals surface area contributed by atoms with Gasteiger partial charge in [0, 0.05) is 38.0 Å². The Hall–Kier alpha value is -0.980. The monoisotopic (exact) mass is 310 g/mol. The zero-order chi connectivity index (χ0) is 15.4. The Bertz CT molecular complexity index is 476. The number of amides is 1. The van der Waals surface area contributed by atoms with Gasteiger partial charge in [0.05, 0.1) is 5.01 Å². The van der Waals surface area contributed by atoms with E-state index in [0.717, 1.165) is 37.5 Å². The van der Waals surface area contributed by atoms with Crippen molar-refractivity contribution in [2.75, 3.05) is 33.2 Å². The third-order valence-corrected chi connectivity index (χ3v) is 5.25. The fourth-order valence-corrected chi connectivity index (χ4v) is 3.85. The summed E-state index contributed by atoms with van der Waals surface area (Å²) in [5.74, 6) is 0.533. The van der Waals surface area contributed by atoms with Gasteiger partial charge < -0.3 is 15.5 Å². The van der Waals surface area contributed by atoms with Gasteiger partial charge in [0.1, 0.15) is 5.69 Å². The minimum atomic E-state index is 0.0383. The number of nitrogens with two attached hydrogens (primary N) is 1. The largest absolute Gasteiger partial charge is 0.337 e. The van der Waals surface area contributed by atoms with Crippen molar-refractivity contribution < 1.29 is 4.79 Å². The molecule has 2 heterocycles. The third-order valence-electron chi connectivity index (χ3n) is 4.34. The van der Waals surface area contributed by atoms with E-state index >= 15 is 0 Å². The predicted octanol–water partition coefficient (Wildman–Crippen LogP) is 1.45. The number of carbonyl (C=O) groups excluding carboxylic acids is 1. The highest BCUT2D eigenvalue weighted by Crippen LogP contribution is 2.23. The summed E-state index contributed by atoms with van der Waals surface area (Å²) in [5.41, 5.74) is 6.10. The van der Waals surface area contributed by atoms with E-state index in [2.05, 4.69) is 23.7 Å². The van der Waals surface area contributed by atoms with Crippen LogP contribution in [0, 0.1) is 5.92 Å². The number of rotatable bonds is 5. The zero-order valence-corrected chi connectivity index (χ0v) is 14.0. The molecule has 0 saturated carbocycles. The molecule has 118 valence electrons. The predicted molar refractivity (Wildman–Crippen MR) is 86.6 cm³/mol. The molecule has 1 amide bonds.